The monoisotopic (exact) mass is 330 g/mol. The molecule has 24 heavy (non-hydrogen) atoms. The van der Waals surface area contributed by atoms with Crippen molar-refractivity contribution < 1.29 is 29.4 Å². The molecule has 0 aromatic heterocycles. The van der Waals surface area contributed by atoms with Gasteiger partial charge in [0.2, 0.25) is 0 Å². The highest BCUT2D eigenvalue weighted by Gasteiger charge is 2.16. The predicted octanol–water partition coefficient (Wildman–Crippen LogP) is 2.92. The normalized spacial score (nSPS) is 11.1. The summed E-state index contributed by atoms with van der Waals surface area (Å²) in [6.07, 6.45) is 2.62. The molecule has 0 unspecified atom stereocenters. The Hall–Kier alpha value is -3.28. The number of carboxylic acid groups (broad SMARTS) is 2. The van der Waals surface area contributed by atoms with Gasteiger partial charge in [0.15, 0.2) is 11.6 Å². The van der Waals surface area contributed by atoms with Gasteiger partial charge in [0.05, 0.1) is 0 Å². The Balaban J connectivity index is 0.000000377. The average Bonchev–Trinajstić information content (AvgIpc) is 2.52. The van der Waals surface area contributed by atoms with Crippen LogP contribution in [0.25, 0.3) is 0 Å². The van der Waals surface area contributed by atoms with Gasteiger partial charge >= 0.3 is 11.9 Å². The maximum Gasteiger partial charge on any atom is 0.330 e. The van der Waals surface area contributed by atoms with Gasteiger partial charge in [-0.1, -0.05) is 37.4 Å². The van der Waals surface area contributed by atoms with Crippen LogP contribution in [0.3, 0.4) is 0 Å². The molecule has 126 valence electrons. The third-order valence-corrected chi connectivity index (χ3v) is 2.57. The van der Waals surface area contributed by atoms with Crippen LogP contribution in [0, 0.1) is 0 Å². The third kappa shape index (κ3) is 7.13. The fourth-order valence-corrected chi connectivity index (χ4v) is 1.24. The molecule has 0 atom stereocenters. The van der Waals surface area contributed by atoms with Gasteiger partial charge < -0.3 is 10.2 Å². The van der Waals surface area contributed by atoms with Crippen LogP contribution in [0.5, 0.6) is 0 Å². The van der Waals surface area contributed by atoms with Crippen molar-refractivity contribution in [2.45, 2.75) is 13.8 Å². The number of ketones is 2. The first-order valence-electron chi connectivity index (χ1n) is 6.71. The maximum absolute atomic E-state index is 11.2. The lowest BCUT2D eigenvalue weighted by Crippen LogP contribution is -2.10. The van der Waals surface area contributed by atoms with E-state index in [-0.39, 0.29) is 22.7 Å². The summed E-state index contributed by atoms with van der Waals surface area (Å²) in [7, 11) is 0. The van der Waals surface area contributed by atoms with E-state index in [0.717, 1.165) is 0 Å². The number of hydrogen-bond acceptors (Lipinski definition) is 4. The summed E-state index contributed by atoms with van der Waals surface area (Å²) < 4.78 is 0. The fourth-order valence-electron chi connectivity index (χ4n) is 1.24. The molecule has 1 aliphatic rings. The molecular weight excluding hydrogens is 312 g/mol. The molecule has 0 radical (unpaired) electrons. The lowest BCUT2D eigenvalue weighted by atomic mass is 9.95. The molecule has 0 aliphatic heterocycles. The van der Waals surface area contributed by atoms with Crippen LogP contribution in [-0.2, 0) is 9.59 Å². The van der Waals surface area contributed by atoms with Gasteiger partial charge in [-0.15, -0.1) is 0 Å². The van der Waals surface area contributed by atoms with Crippen LogP contribution in [0.2, 0.25) is 0 Å². The number of carbonyl (C=O) groups excluding carboxylic acids is 2. The molecule has 0 spiro atoms. The summed E-state index contributed by atoms with van der Waals surface area (Å²) >= 11 is 0. The number of carbonyl (C=O) groups is 4. The van der Waals surface area contributed by atoms with Crippen LogP contribution in [0.4, 0.5) is 0 Å². The fraction of sp³-hybridized carbons (Fsp3) is 0.111. The Morgan fingerprint density at radius 3 is 1.25 bits per heavy atom. The summed E-state index contributed by atoms with van der Waals surface area (Å²) in [6, 6.07) is 6.84. The molecule has 0 amide bonds. The molecular formula is C18H18O6. The van der Waals surface area contributed by atoms with Crippen LogP contribution in [0.15, 0.2) is 60.7 Å². The van der Waals surface area contributed by atoms with Crippen molar-refractivity contribution in [1.29, 1.82) is 0 Å². The van der Waals surface area contributed by atoms with Crippen LogP contribution >= 0.6 is 0 Å². The van der Waals surface area contributed by atoms with Crippen molar-refractivity contribution in [3.63, 3.8) is 0 Å². The van der Waals surface area contributed by atoms with Crippen molar-refractivity contribution in [3.8, 4) is 0 Å². The SMILES string of the molecule is C=C(C)C(=O)O.C=C(C)C(=O)O.O=C1C=CC(=O)c2ccccc21. The predicted molar refractivity (Wildman–Crippen MR) is 89.1 cm³/mol. The van der Waals surface area contributed by atoms with Gasteiger partial charge in [0.25, 0.3) is 0 Å². The van der Waals surface area contributed by atoms with Crippen molar-refractivity contribution in [3.05, 3.63) is 71.8 Å². The van der Waals surface area contributed by atoms with Crippen LogP contribution < -0.4 is 0 Å². The highest BCUT2D eigenvalue weighted by molar-refractivity contribution is 6.21. The first kappa shape index (κ1) is 20.7. The smallest absolute Gasteiger partial charge is 0.330 e. The first-order valence-corrected chi connectivity index (χ1v) is 6.71. The zero-order valence-electron chi connectivity index (χ0n) is 13.4. The molecule has 0 bridgehead atoms. The summed E-state index contributed by atoms with van der Waals surface area (Å²) in [5.41, 5.74) is 1.36. The molecule has 6 heteroatoms. The van der Waals surface area contributed by atoms with E-state index in [0.29, 0.717) is 11.1 Å². The quantitative estimate of drug-likeness (QED) is 0.807. The van der Waals surface area contributed by atoms with E-state index in [4.69, 9.17) is 10.2 Å². The first-order chi connectivity index (χ1) is 11.1. The van der Waals surface area contributed by atoms with E-state index in [1.807, 2.05) is 0 Å². The number of benzene rings is 1. The Morgan fingerprint density at radius 2 is 1.04 bits per heavy atom. The second kappa shape index (κ2) is 9.68. The van der Waals surface area contributed by atoms with Crippen LogP contribution in [0.1, 0.15) is 34.6 Å². The van der Waals surface area contributed by atoms with Gasteiger partial charge in [-0.05, 0) is 26.0 Å². The van der Waals surface area contributed by atoms with Gasteiger partial charge in [0, 0.05) is 22.3 Å². The molecule has 2 N–H and O–H groups in total. The van der Waals surface area contributed by atoms with E-state index in [9.17, 15) is 19.2 Å². The molecule has 1 aromatic rings. The summed E-state index contributed by atoms with van der Waals surface area (Å²) in [4.78, 5) is 41.6. The van der Waals surface area contributed by atoms with Gasteiger partial charge in [0.1, 0.15) is 0 Å². The van der Waals surface area contributed by atoms with Gasteiger partial charge in [-0.2, -0.15) is 0 Å². The van der Waals surface area contributed by atoms with Crippen molar-refractivity contribution in [2.75, 3.05) is 0 Å². The topological polar surface area (TPSA) is 109 Å². The molecule has 6 nitrogen and oxygen atoms in total. The second-order valence-corrected chi connectivity index (χ2v) is 4.78. The number of rotatable bonds is 2. The Kier molecular flexibility index (Phi) is 8.36. The zero-order valence-corrected chi connectivity index (χ0v) is 13.4. The number of carboxylic acids is 2. The van der Waals surface area contributed by atoms with Crippen molar-refractivity contribution in [1.82, 2.24) is 0 Å². The molecule has 0 saturated heterocycles. The van der Waals surface area contributed by atoms with Crippen LogP contribution in [-0.4, -0.2) is 33.7 Å². The van der Waals surface area contributed by atoms with E-state index >= 15 is 0 Å². The Bertz CT molecular complexity index is 640. The molecule has 0 saturated carbocycles. The molecule has 2 rings (SSSR count). The summed E-state index contributed by atoms with van der Waals surface area (Å²) in [5, 5.41) is 15.8. The lowest BCUT2D eigenvalue weighted by molar-refractivity contribution is -0.133. The average molecular weight is 330 g/mol. The van der Waals surface area contributed by atoms with Crippen molar-refractivity contribution in [2.24, 2.45) is 0 Å². The standard InChI is InChI=1S/C10H6O2.2C4H6O2/c11-9-5-6-10(12)8-4-2-1-3-7(8)9;2*1-3(2)4(5)6/h1-6H;2*1H2,2H3,(H,5,6). The highest BCUT2D eigenvalue weighted by Crippen LogP contribution is 2.15. The van der Waals surface area contributed by atoms with E-state index in [1.165, 1.54) is 26.0 Å². The molecule has 0 fully saturated rings. The molecule has 0 heterocycles. The summed E-state index contributed by atoms with van der Waals surface area (Å²) in [6.45, 7) is 9.20. The largest absolute Gasteiger partial charge is 0.478 e. The minimum atomic E-state index is -0.935. The maximum atomic E-state index is 11.2. The highest BCUT2D eigenvalue weighted by atomic mass is 16.4. The third-order valence-electron chi connectivity index (χ3n) is 2.57. The number of aliphatic carboxylic acids is 2. The molecule has 1 aliphatic carbocycles. The Morgan fingerprint density at radius 1 is 0.792 bits per heavy atom. The van der Waals surface area contributed by atoms with E-state index < -0.39 is 11.9 Å². The zero-order chi connectivity index (χ0) is 18.9. The van der Waals surface area contributed by atoms with E-state index in [1.54, 1.807) is 24.3 Å². The minimum absolute atomic E-state index is 0.0924. The van der Waals surface area contributed by atoms with Gasteiger partial charge in [-0.3, -0.25) is 9.59 Å². The lowest BCUT2D eigenvalue weighted by Gasteiger charge is -2.06. The van der Waals surface area contributed by atoms with Crippen molar-refractivity contribution >= 4 is 23.5 Å². The van der Waals surface area contributed by atoms with Gasteiger partial charge in [-0.25, -0.2) is 9.59 Å². The van der Waals surface area contributed by atoms with E-state index in [2.05, 4.69) is 13.2 Å². The summed E-state index contributed by atoms with van der Waals surface area (Å²) in [5.74, 6) is -2.06. The molecule has 1 aromatic carbocycles. The Labute approximate surface area is 139 Å². The second-order valence-electron chi connectivity index (χ2n) is 4.78. The minimum Gasteiger partial charge on any atom is -0.478 e. The number of allylic oxidation sites excluding steroid dienone is 2. The number of fused-ring (bicyclic) bond motifs is 1. The number of hydrogen-bond donors (Lipinski definition) is 2.